The van der Waals surface area contributed by atoms with Gasteiger partial charge in [-0.1, -0.05) is 42.5 Å². The molecule has 0 amide bonds. The Morgan fingerprint density at radius 3 is 2.40 bits per heavy atom. The second kappa shape index (κ2) is 5.57. The van der Waals surface area contributed by atoms with Crippen LogP contribution < -0.4 is 4.74 Å². The molecule has 0 unspecified atom stereocenters. The van der Waals surface area contributed by atoms with E-state index in [1.165, 1.54) is 16.7 Å². The van der Waals surface area contributed by atoms with Crippen molar-refractivity contribution in [1.29, 1.82) is 0 Å². The minimum absolute atomic E-state index is 0.607. The van der Waals surface area contributed by atoms with Crippen molar-refractivity contribution in [3.63, 3.8) is 0 Å². The Kier molecular flexibility index (Phi) is 3.46. The number of rotatable bonds is 3. The zero-order chi connectivity index (χ0) is 13.8. The van der Waals surface area contributed by atoms with Crippen molar-refractivity contribution < 1.29 is 4.74 Å². The summed E-state index contributed by atoms with van der Waals surface area (Å²) in [6.45, 7) is 2.10. The molecule has 0 bridgehead atoms. The molecule has 2 heteroatoms. The quantitative estimate of drug-likeness (QED) is 0.672. The van der Waals surface area contributed by atoms with E-state index in [4.69, 9.17) is 4.74 Å². The third kappa shape index (κ3) is 2.69. The SMILES string of the molecule is Cc1ccc(Oc2ccccn2)cc1-c1ccccc1. The molecular weight excluding hydrogens is 246 g/mol. The maximum Gasteiger partial charge on any atom is 0.219 e. The Morgan fingerprint density at radius 2 is 1.65 bits per heavy atom. The highest BCUT2D eigenvalue weighted by Crippen LogP contribution is 2.29. The normalized spacial score (nSPS) is 10.2. The molecule has 1 aromatic heterocycles. The number of aryl methyl sites for hydroxylation is 1. The Bertz CT molecular complexity index is 693. The van der Waals surface area contributed by atoms with E-state index in [9.17, 15) is 0 Å². The van der Waals surface area contributed by atoms with Crippen molar-refractivity contribution >= 4 is 0 Å². The summed E-state index contributed by atoms with van der Waals surface area (Å²) >= 11 is 0. The molecule has 3 rings (SSSR count). The average molecular weight is 261 g/mol. The first-order chi connectivity index (χ1) is 9.83. The van der Waals surface area contributed by atoms with E-state index in [1.807, 2.05) is 42.5 Å². The minimum Gasteiger partial charge on any atom is -0.439 e. The fourth-order valence-corrected chi connectivity index (χ4v) is 2.12. The fourth-order valence-electron chi connectivity index (χ4n) is 2.12. The first-order valence-corrected chi connectivity index (χ1v) is 6.58. The second-order valence-corrected chi connectivity index (χ2v) is 4.61. The summed E-state index contributed by atoms with van der Waals surface area (Å²) in [5.41, 5.74) is 3.60. The molecule has 0 saturated carbocycles. The zero-order valence-electron chi connectivity index (χ0n) is 11.3. The van der Waals surface area contributed by atoms with Gasteiger partial charge < -0.3 is 4.74 Å². The summed E-state index contributed by atoms with van der Waals surface area (Å²) in [6.07, 6.45) is 1.72. The molecule has 0 atom stereocenters. The maximum absolute atomic E-state index is 5.78. The minimum atomic E-state index is 0.607. The van der Waals surface area contributed by atoms with Gasteiger partial charge in [-0.25, -0.2) is 4.98 Å². The molecule has 2 nitrogen and oxygen atoms in total. The number of benzene rings is 2. The molecule has 0 N–H and O–H groups in total. The summed E-state index contributed by atoms with van der Waals surface area (Å²) in [7, 11) is 0. The predicted molar refractivity (Wildman–Crippen MR) is 80.9 cm³/mol. The molecular formula is C18H15NO. The lowest BCUT2D eigenvalue weighted by atomic mass is 10.0. The van der Waals surface area contributed by atoms with Crippen LogP contribution in [0.5, 0.6) is 11.6 Å². The molecule has 20 heavy (non-hydrogen) atoms. The van der Waals surface area contributed by atoms with Gasteiger partial charge in [-0.3, -0.25) is 0 Å². The molecule has 2 aromatic carbocycles. The number of hydrogen-bond donors (Lipinski definition) is 0. The van der Waals surface area contributed by atoms with Crippen molar-refractivity contribution in [3.05, 3.63) is 78.5 Å². The zero-order valence-corrected chi connectivity index (χ0v) is 11.3. The lowest BCUT2D eigenvalue weighted by Gasteiger charge is -2.10. The van der Waals surface area contributed by atoms with Gasteiger partial charge in [-0.05, 0) is 41.8 Å². The lowest BCUT2D eigenvalue weighted by Crippen LogP contribution is -1.89. The smallest absolute Gasteiger partial charge is 0.219 e. The van der Waals surface area contributed by atoms with Gasteiger partial charge in [-0.2, -0.15) is 0 Å². The van der Waals surface area contributed by atoms with Crippen LogP contribution in [0.1, 0.15) is 5.56 Å². The van der Waals surface area contributed by atoms with Crippen molar-refractivity contribution in [2.75, 3.05) is 0 Å². The number of ether oxygens (including phenoxy) is 1. The highest BCUT2D eigenvalue weighted by molar-refractivity contribution is 5.68. The van der Waals surface area contributed by atoms with E-state index >= 15 is 0 Å². The molecule has 0 spiro atoms. The fraction of sp³-hybridized carbons (Fsp3) is 0.0556. The predicted octanol–water partition coefficient (Wildman–Crippen LogP) is 4.85. The number of aromatic nitrogens is 1. The van der Waals surface area contributed by atoms with Gasteiger partial charge in [0.25, 0.3) is 0 Å². The van der Waals surface area contributed by atoms with Crippen LogP contribution in [-0.2, 0) is 0 Å². The summed E-state index contributed by atoms with van der Waals surface area (Å²) in [5, 5.41) is 0. The molecule has 1 heterocycles. The Labute approximate surface area is 118 Å². The van der Waals surface area contributed by atoms with Crippen LogP contribution in [0.2, 0.25) is 0 Å². The van der Waals surface area contributed by atoms with Crippen molar-refractivity contribution in [2.24, 2.45) is 0 Å². The van der Waals surface area contributed by atoms with Crippen LogP contribution in [0.15, 0.2) is 72.9 Å². The summed E-state index contributed by atoms with van der Waals surface area (Å²) in [5.74, 6) is 1.41. The van der Waals surface area contributed by atoms with E-state index in [1.54, 1.807) is 6.20 Å². The summed E-state index contributed by atoms with van der Waals surface area (Å²) < 4.78 is 5.78. The third-order valence-corrected chi connectivity index (χ3v) is 3.15. The van der Waals surface area contributed by atoms with Crippen LogP contribution in [-0.4, -0.2) is 4.98 Å². The molecule has 0 aliphatic carbocycles. The topological polar surface area (TPSA) is 22.1 Å². The Balaban J connectivity index is 1.95. The Morgan fingerprint density at radius 1 is 0.850 bits per heavy atom. The summed E-state index contributed by atoms with van der Waals surface area (Å²) in [6, 6.07) is 22.0. The van der Waals surface area contributed by atoms with Gasteiger partial charge in [-0.15, -0.1) is 0 Å². The van der Waals surface area contributed by atoms with E-state index in [0.717, 1.165) is 5.75 Å². The van der Waals surface area contributed by atoms with Crippen molar-refractivity contribution in [3.8, 4) is 22.8 Å². The Hall–Kier alpha value is -2.61. The van der Waals surface area contributed by atoms with Crippen molar-refractivity contribution in [1.82, 2.24) is 4.98 Å². The highest BCUT2D eigenvalue weighted by Gasteiger charge is 2.05. The molecule has 98 valence electrons. The first kappa shape index (κ1) is 12.4. The maximum atomic E-state index is 5.78. The van der Waals surface area contributed by atoms with Gasteiger partial charge in [0.05, 0.1) is 0 Å². The van der Waals surface area contributed by atoms with Crippen LogP contribution in [0, 0.1) is 6.92 Å². The lowest BCUT2D eigenvalue weighted by molar-refractivity contribution is 0.463. The molecule has 0 saturated heterocycles. The number of pyridine rings is 1. The van der Waals surface area contributed by atoms with Gasteiger partial charge in [0, 0.05) is 12.3 Å². The van der Waals surface area contributed by atoms with E-state index in [2.05, 4.69) is 36.2 Å². The van der Waals surface area contributed by atoms with Gasteiger partial charge >= 0.3 is 0 Å². The number of nitrogens with zero attached hydrogens (tertiary/aromatic N) is 1. The van der Waals surface area contributed by atoms with Gasteiger partial charge in [0.15, 0.2) is 0 Å². The standard InChI is InChI=1S/C18H15NO/c1-14-10-11-16(20-18-9-5-6-12-19-18)13-17(14)15-7-3-2-4-8-15/h2-13H,1H3. The largest absolute Gasteiger partial charge is 0.439 e. The van der Waals surface area contributed by atoms with Crippen LogP contribution in [0.4, 0.5) is 0 Å². The average Bonchev–Trinajstić information content (AvgIpc) is 2.51. The third-order valence-electron chi connectivity index (χ3n) is 3.15. The molecule has 0 aliphatic heterocycles. The van der Waals surface area contributed by atoms with Gasteiger partial charge in [0.2, 0.25) is 5.88 Å². The summed E-state index contributed by atoms with van der Waals surface area (Å²) in [4.78, 5) is 4.18. The molecule has 0 radical (unpaired) electrons. The van der Waals surface area contributed by atoms with E-state index in [-0.39, 0.29) is 0 Å². The first-order valence-electron chi connectivity index (χ1n) is 6.58. The van der Waals surface area contributed by atoms with Crippen LogP contribution in [0.3, 0.4) is 0 Å². The second-order valence-electron chi connectivity index (χ2n) is 4.61. The number of hydrogen-bond acceptors (Lipinski definition) is 2. The van der Waals surface area contributed by atoms with E-state index in [0.29, 0.717) is 5.88 Å². The highest BCUT2D eigenvalue weighted by atomic mass is 16.5. The molecule has 0 aliphatic rings. The van der Waals surface area contributed by atoms with Crippen LogP contribution in [0.25, 0.3) is 11.1 Å². The van der Waals surface area contributed by atoms with Crippen molar-refractivity contribution in [2.45, 2.75) is 6.92 Å². The molecule has 3 aromatic rings. The van der Waals surface area contributed by atoms with E-state index < -0.39 is 0 Å². The monoisotopic (exact) mass is 261 g/mol. The molecule has 0 fully saturated rings. The van der Waals surface area contributed by atoms with Crippen LogP contribution >= 0.6 is 0 Å². The van der Waals surface area contributed by atoms with Gasteiger partial charge in [0.1, 0.15) is 5.75 Å².